The van der Waals surface area contributed by atoms with Crippen molar-refractivity contribution in [3.05, 3.63) is 39.9 Å². The van der Waals surface area contributed by atoms with Crippen LogP contribution in [0.25, 0.3) is 0 Å². The fourth-order valence-corrected chi connectivity index (χ4v) is 2.48. The van der Waals surface area contributed by atoms with Crippen molar-refractivity contribution >= 4 is 5.69 Å². The molecule has 98 valence electrons. The molecular formula is C13H18N2O3. The number of hydrogen-bond acceptors (Lipinski definition) is 4. The van der Waals surface area contributed by atoms with Crippen LogP contribution in [0.15, 0.2) is 24.3 Å². The third-order valence-electron chi connectivity index (χ3n) is 3.08. The third kappa shape index (κ3) is 3.05. The van der Waals surface area contributed by atoms with Crippen molar-refractivity contribution < 1.29 is 9.66 Å². The van der Waals surface area contributed by atoms with Crippen molar-refractivity contribution in [2.24, 2.45) is 0 Å². The number of nitrogens with zero attached hydrogens (tertiary/aromatic N) is 2. The molecule has 0 spiro atoms. The van der Waals surface area contributed by atoms with Gasteiger partial charge in [0.2, 0.25) is 0 Å². The second-order valence-corrected chi connectivity index (χ2v) is 4.84. The predicted molar refractivity (Wildman–Crippen MR) is 68.4 cm³/mol. The fourth-order valence-electron chi connectivity index (χ4n) is 2.48. The van der Waals surface area contributed by atoms with Gasteiger partial charge in [-0.3, -0.25) is 15.0 Å². The van der Waals surface area contributed by atoms with E-state index in [4.69, 9.17) is 4.74 Å². The van der Waals surface area contributed by atoms with Crippen molar-refractivity contribution in [2.45, 2.75) is 32.6 Å². The molecule has 0 unspecified atom stereocenters. The molecule has 1 fully saturated rings. The summed E-state index contributed by atoms with van der Waals surface area (Å²) in [7, 11) is 0. The Morgan fingerprint density at radius 1 is 1.33 bits per heavy atom. The molecule has 1 saturated heterocycles. The summed E-state index contributed by atoms with van der Waals surface area (Å²) in [6.07, 6.45) is 0.355. The number of hydrogen-bond donors (Lipinski definition) is 0. The number of nitro benzene ring substituents is 1. The zero-order valence-electron chi connectivity index (χ0n) is 10.7. The Balaban J connectivity index is 2.11. The van der Waals surface area contributed by atoms with E-state index in [0.29, 0.717) is 6.54 Å². The smallest absolute Gasteiger partial charge is 0.273 e. The molecule has 0 N–H and O–H groups in total. The number of morpholine rings is 1. The first-order valence-electron chi connectivity index (χ1n) is 6.16. The Labute approximate surface area is 107 Å². The van der Waals surface area contributed by atoms with Crippen LogP contribution in [0.4, 0.5) is 5.69 Å². The Morgan fingerprint density at radius 3 is 2.56 bits per heavy atom. The summed E-state index contributed by atoms with van der Waals surface area (Å²) in [5.74, 6) is 0. The van der Waals surface area contributed by atoms with E-state index in [1.165, 1.54) is 0 Å². The van der Waals surface area contributed by atoms with E-state index in [2.05, 4.69) is 4.90 Å². The molecule has 1 aliphatic rings. The lowest BCUT2D eigenvalue weighted by atomic mass is 10.1. The van der Waals surface area contributed by atoms with Crippen LogP contribution in [0.5, 0.6) is 0 Å². The zero-order valence-corrected chi connectivity index (χ0v) is 10.7. The van der Waals surface area contributed by atoms with Crippen molar-refractivity contribution in [2.75, 3.05) is 13.1 Å². The molecule has 0 saturated carbocycles. The van der Waals surface area contributed by atoms with E-state index in [0.717, 1.165) is 18.7 Å². The molecule has 0 amide bonds. The lowest BCUT2D eigenvalue weighted by Crippen LogP contribution is -2.44. The van der Waals surface area contributed by atoms with E-state index in [9.17, 15) is 10.1 Å². The van der Waals surface area contributed by atoms with E-state index in [1.807, 2.05) is 26.0 Å². The minimum atomic E-state index is -0.317. The lowest BCUT2D eigenvalue weighted by molar-refractivity contribution is -0.385. The first kappa shape index (κ1) is 13.0. The van der Waals surface area contributed by atoms with Gasteiger partial charge in [-0.15, -0.1) is 0 Å². The molecular weight excluding hydrogens is 232 g/mol. The van der Waals surface area contributed by atoms with Gasteiger partial charge in [-0.2, -0.15) is 0 Å². The van der Waals surface area contributed by atoms with Crippen molar-refractivity contribution in [1.29, 1.82) is 0 Å². The van der Waals surface area contributed by atoms with Crippen molar-refractivity contribution in [1.82, 2.24) is 4.90 Å². The highest BCUT2D eigenvalue weighted by Crippen LogP contribution is 2.21. The lowest BCUT2D eigenvalue weighted by Gasteiger charge is -2.35. The summed E-state index contributed by atoms with van der Waals surface area (Å²) in [5, 5.41) is 11.0. The van der Waals surface area contributed by atoms with Crippen LogP contribution < -0.4 is 0 Å². The van der Waals surface area contributed by atoms with Crippen LogP contribution in [-0.4, -0.2) is 35.1 Å². The fraction of sp³-hybridized carbons (Fsp3) is 0.538. The minimum absolute atomic E-state index is 0.177. The van der Waals surface area contributed by atoms with Gasteiger partial charge in [0.25, 0.3) is 5.69 Å². The van der Waals surface area contributed by atoms with Crippen LogP contribution in [0, 0.1) is 10.1 Å². The van der Waals surface area contributed by atoms with E-state index in [1.54, 1.807) is 12.1 Å². The van der Waals surface area contributed by atoms with Crippen LogP contribution in [0.1, 0.15) is 19.4 Å². The number of rotatable bonds is 3. The highest BCUT2D eigenvalue weighted by Gasteiger charge is 2.24. The Morgan fingerprint density at radius 2 is 1.94 bits per heavy atom. The second-order valence-electron chi connectivity index (χ2n) is 4.84. The molecule has 1 aromatic carbocycles. The SMILES string of the molecule is C[C@@H]1CN(Cc2ccccc2[N+](=O)[O-])C[C@H](C)O1. The molecule has 1 heterocycles. The Kier molecular flexibility index (Phi) is 3.93. The van der Waals surface area contributed by atoms with Gasteiger partial charge in [-0.05, 0) is 13.8 Å². The van der Waals surface area contributed by atoms with Crippen LogP contribution in [-0.2, 0) is 11.3 Å². The topological polar surface area (TPSA) is 55.6 Å². The van der Waals surface area contributed by atoms with Crippen LogP contribution in [0.3, 0.4) is 0 Å². The molecule has 2 rings (SSSR count). The van der Waals surface area contributed by atoms with Crippen LogP contribution in [0.2, 0.25) is 0 Å². The van der Waals surface area contributed by atoms with Crippen LogP contribution >= 0.6 is 0 Å². The van der Waals surface area contributed by atoms with Gasteiger partial charge in [0.1, 0.15) is 0 Å². The number of ether oxygens (including phenoxy) is 1. The van der Waals surface area contributed by atoms with Crippen molar-refractivity contribution in [3.63, 3.8) is 0 Å². The Bertz CT molecular complexity index is 426. The van der Waals surface area contributed by atoms with E-state index >= 15 is 0 Å². The molecule has 1 aromatic rings. The van der Waals surface area contributed by atoms with Gasteiger partial charge in [0.05, 0.1) is 17.1 Å². The quantitative estimate of drug-likeness (QED) is 0.609. The number of para-hydroxylation sites is 1. The Hall–Kier alpha value is -1.46. The van der Waals surface area contributed by atoms with Gasteiger partial charge in [-0.25, -0.2) is 0 Å². The van der Waals surface area contributed by atoms with E-state index < -0.39 is 0 Å². The van der Waals surface area contributed by atoms with Gasteiger partial charge in [0, 0.05) is 31.3 Å². The third-order valence-corrected chi connectivity index (χ3v) is 3.08. The first-order chi connectivity index (χ1) is 8.56. The summed E-state index contributed by atoms with van der Waals surface area (Å²) in [6, 6.07) is 6.92. The molecule has 1 aliphatic heterocycles. The summed E-state index contributed by atoms with van der Waals surface area (Å²) in [6.45, 7) is 6.30. The normalized spacial score (nSPS) is 25.0. The monoisotopic (exact) mass is 250 g/mol. The minimum Gasteiger partial charge on any atom is -0.373 e. The summed E-state index contributed by atoms with van der Waals surface area (Å²) in [5.41, 5.74) is 0.966. The predicted octanol–water partition coefficient (Wildman–Crippen LogP) is 2.20. The summed E-state index contributed by atoms with van der Waals surface area (Å²) in [4.78, 5) is 12.8. The van der Waals surface area contributed by atoms with Crippen molar-refractivity contribution in [3.8, 4) is 0 Å². The molecule has 5 nitrogen and oxygen atoms in total. The summed E-state index contributed by atoms with van der Waals surface area (Å²) >= 11 is 0. The van der Waals surface area contributed by atoms with Gasteiger partial charge in [-0.1, -0.05) is 18.2 Å². The van der Waals surface area contributed by atoms with Gasteiger partial charge < -0.3 is 4.74 Å². The highest BCUT2D eigenvalue weighted by atomic mass is 16.6. The van der Waals surface area contributed by atoms with Gasteiger partial charge >= 0.3 is 0 Å². The summed E-state index contributed by atoms with van der Waals surface area (Å²) < 4.78 is 5.66. The number of nitro groups is 1. The number of benzene rings is 1. The molecule has 5 heteroatoms. The first-order valence-corrected chi connectivity index (χ1v) is 6.16. The second kappa shape index (κ2) is 5.46. The zero-order chi connectivity index (χ0) is 13.1. The standard InChI is InChI=1S/C13H18N2O3/c1-10-7-14(8-11(2)18-10)9-12-5-3-4-6-13(12)15(16)17/h3-6,10-11H,7-9H2,1-2H3/t10-,11+. The largest absolute Gasteiger partial charge is 0.373 e. The molecule has 0 aromatic heterocycles. The maximum absolute atomic E-state index is 11.0. The maximum atomic E-state index is 11.0. The van der Waals surface area contributed by atoms with E-state index in [-0.39, 0.29) is 22.8 Å². The molecule has 2 atom stereocenters. The molecule has 18 heavy (non-hydrogen) atoms. The molecule has 0 radical (unpaired) electrons. The highest BCUT2D eigenvalue weighted by molar-refractivity contribution is 5.39. The maximum Gasteiger partial charge on any atom is 0.273 e. The average Bonchev–Trinajstić information content (AvgIpc) is 2.27. The molecule has 0 aliphatic carbocycles. The molecule has 0 bridgehead atoms. The van der Waals surface area contributed by atoms with Gasteiger partial charge in [0.15, 0.2) is 0 Å². The average molecular weight is 250 g/mol.